The van der Waals surface area contributed by atoms with Crippen LogP contribution in [0.5, 0.6) is 0 Å². The van der Waals surface area contributed by atoms with Crippen molar-refractivity contribution >= 4 is 27.0 Å². The number of fused-ring (bicyclic) bond motifs is 1. The molecule has 0 radical (unpaired) electrons. The van der Waals surface area contributed by atoms with Gasteiger partial charge in [0.05, 0.1) is 22.5 Å². The van der Waals surface area contributed by atoms with Crippen molar-refractivity contribution in [2.75, 3.05) is 20.6 Å². The first-order valence-corrected chi connectivity index (χ1v) is 10.1. The largest absolute Gasteiger partial charge is 0.480 e. The molecular formula is C17H24N4O4S. The number of aliphatic carboxylic acids is 1. The summed E-state index contributed by atoms with van der Waals surface area (Å²) >= 11 is 0. The van der Waals surface area contributed by atoms with Gasteiger partial charge in [-0.1, -0.05) is 0 Å². The van der Waals surface area contributed by atoms with Crippen LogP contribution in [0.25, 0.3) is 11.0 Å². The van der Waals surface area contributed by atoms with E-state index in [-0.39, 0.29) is 4.90 Å². The van der Waals surface area contributed by atoms with Gasteiger partial charge in [-0.25, -0.2) is 17.7 Å². The van der Waals surface area contributed by atoms with E-state index in [0.717, 1.165) is 24.3 Å². The van der Waals surface area contributed by atoms with Gasteiger partial charge in [-0.05, 0) is 44.5 Å². The van der Waals surface area contributed by atoms with E-state index in [1.165, 1.54) is 18.4 Å². The lowest BCUT2D eigenvalue weighted by molar-refractivity contribution is -0.142. The van der Waals surface area contributed by atoms with Gasteiger partial charge < -0.3 is 9.67 Å². The van der Waals surface area contributed by atoms with Crippen molar-refractivity contribution in [1.82, 2.24) is 18.8 Å². The van der Waals surface area contributed by atoms with E-state index in [2.05, 4.69) is 4.98 Å². The third-order valence-corrected chi connectivity index (χ3v) is 6.70. The molecule has 0 unspecified atom stereocenters. The molecule has 26 heavy (non-hydrogen) atoms. The second-order valence-electron chi connectivity index (χ2n) is 6.68. The van der Waals surface area contributed by atoms with Gasteiger partial charge in [0, 0.05) is 20.6 Å². The van der Waals surface area contributed by atoms with E-state index in [4.69, 9.17) is 0 Å². The zero-order valence-corrected chi connectivity index (χ0v) is 16.0. The van der Waals surface area contributed by atoms with Crippen molar-refractivity contribution in [2.45, 2.75) is 43.8 Å². The summed E-state index contributed by atoms with van der Waals surface area (Å²) in [5, 5.41) is 9.37. The fourth-order valence-electron chi connectivity index (χ4n) is 3.48. The highest BCUT2D eigenvalue weighted by molar-refractivity contribution is 7.89. The van der Waals surface area contributed by atoms with E-state index in [9.17, 15) is 18.3 Å². The summed E-state index contributed by atoms with van der Waals surface area (Å²) in [6.45, 7) is 3.84. The highest BCUT2D eigenvalue weighted by atomic mass is 32.2. The topological polar surface area (TPSA) is 95.7 Å². The summed E-state index contributed by atoms with van der Waals surface area (Å²) in [6, 6.07) is 4.46. The van der Waals surface area contributed by atoms with Crippen LogP contribution in [0.15, 0.2) is 23.1 Å². The van der Waals surface area contributed by atoms with E-state index in [1.54, 1.807) is 18.2 Å². The fourth-order valence-corrected chi connectivity index (χ4v) is 4.40. The Hall–Kier alpha value is -1.97. The Bertz CT molecular complexity index is 936. The summed E-state index contributed by atoms with van der Waals surface area (Å²) in [6.07, 6.45) is 1.50. The molecule has 0 spiro atoms. The maximum absolute atomic E-state index is 12.4. The van der Waals surface area contributed by atoms with Crippen molar-refractivity contribution in [3.8, 4) is 0 Å². The van der Waals surface area contributed by atoms with Crippen molar-refractivity contribution in [2.24, 2.45) is 0 Å². The lowest BCUT2D eigenvalue weighted by Gasteiger charge is -2.20. The highest BCUT2D eigenvalue weighted by Crippen LogP contribution is 2.25. The normalized spacial score (nSPS) is 18.8. The third-order valence-electron chi connectivity index (χ3n) is 4.89. The first kappa shape index (κ1) is 18.8. The second kappa shape index (κ2) is 6.98. The Morgan fingerprint density at radius 3 is 2.73 bits per heavy atom. The van der Waals surface area contributed by atoms with Crippen LogP contribution in [0.2, 0.25) is 0 Å². The molecule has 0 amide bonds. The van der Waals surface area contributed by atoms with Crippen LogP contribution in [0.3, 0.4) is 0 Å². The van der Waals surface area contributed by atoms with E-state index in [1.807, 2.05) is 16.4 Å². The standard InChI is InChI=1S/C17H24N4O4S/c1-4-21-14-8-7-12(26(24,25)19(2)3)10-13(14)18-16(21)11-20-9-5-6-15(20)17(22)23/h7-8,10,15H,4-6,9,11H2,1-3H3,(H,22,23)/t15-/m1/s1. The first-order valence-electron chi connectivity index (χ1n) is 8.64. The smallest absolute Gasteiger partial charge is 0.320 e. The Balaban J connectivity index is 2.00. The molecule has 0 aliphatic carbocycles. The zero-order valence-electron chi connectivity index (χ0n) is 15.2. The molecule has 2 heterocycles. The molecule has 1 N–H and O–H groups in total. The number of nitrogens with zero attached hydrogens (tertiary/aromatic N) is 4. The molecule has 1 fully saturated rings. The summed E-state index contributed by atoms with van der Waals surface area (Å²) in [5.41, 5.74) is 1.46. The SMILES string of the molecule is CCn1c(CN2CCC[C@@H]2C(=O)O)nc2cc(S(=O)(=O)N(C)C)ccc21. The van der Waals surface area contributed by atoms with Crippen molar-refractivity contribution < 1.29 is 18.3 Å². The summed E-state index contributed by atoms with van der Waals surface area (Å²) in [4.78, 5) is 18.2. The summed E-state index contributed by atoms with van der Waals surface area (Å²) < 4.78 is 27.9. The molecule has 142 valence electrons. The third kappa shape index (κ3) is 3.22. The lowest BCUT2D eigenvalue weighted by atomic mass is 10.2. The number of sulfonamides is 1. The van der Waals surface area contributed by atoms with Gasteiger partial charge in [0.15, 0.2) is 0 Å². The average Bonchev–Trinajstić information content (AvgIpc) is 3.17. The molecule has 8 nitrogen and oxygen atoms in total. The predicted octanol–water partition coefficient (Wildman–Crippen LogP) is 1.36. The van der Waals surface area contributed by atoms with Crippen LogP contribution < -0.4 is 0 Å². The number of carboxylic acids is 1. The number of rotatable bonds is 6. The summed E-state index contributed by atoms with van der Waals surface area (Å²) in [7, 11) is -0.535. The molecule has 1 saturated heterocycles. The highest BCUT2D eigenvalue weighted by Gasteiger charge is 2.31. The number of hydrogen-bond donors (Lipinski definition) is 1. The maximum Gasteiger partial charge on any atom is 0.320 e. The lowest BCUT2D eigenvalue weighted by Crippen LogP contribution is -2.36. The minimum atomic E-state index is -3.53. The van der Waals surface area contributed by atoms with Crippen molar-refractivity contribution in [3.63, 3.8) is 0 Å². The number of hydrogen-bond acceptors (Lipinski definition) is 5. The van der Waals surface area contributed by atoms with Crippen LogP contribution >= 0.6 is 0 Å². The van der Waals surface area contributed by atoms with Gasteiger partial charge in [0.1, 0.15) is 11.9 Å². The van der Waals surface area contributed by atoms with Crippen molar-refractivity contribution in [3.05, 3.63) is 24.0 Å². The molecule has 0 saturated carbocycles. The zero-order chi connectivity index (χ0) is 19.1. The van der Waals surface area contributed by atoms with E-state index in [0.29, 0.717) is 25.0 Å². The van der Waals surface area contributed by atoms with Crippen LogP contribution in [-0.2, 0) is 27.9 Å². The molecular weight excluding hydrogens is 356 g/mol. The van der Waals surface area contributed by atoms with Crippen LogP contribution in [-0.4, -0.2) is 64.9 Å². The molecule has 2 aromatic rings. The second-order valence-corrected chi connectivity index (χ2v) is 8.83. The first-order chi connectivity index (χ1) is 12.3. The molecule has 1 aliphatic rings. The maximum atomic E-state index is 12.4. The van der Waals surface area contributed by atoms with Crippen LogP contribution in [0.4, 0.5) is 0 Å². The van der Waals surface area contributed by atoms with Crippen LogP contribution in [0.1, 0.15) is 25.6 Å². The molecule has 9 heteroatoms. The number of aromatic nitrogens is 2. The van der Waals surface area contributed by atoms with E-state index >= 15 is 0 Å². The minimum absolute atomic E-state index is 0.201. The molecule has 3 rings (SSSR count). The number of carbonyl (C=O) groups is 1. The average molecular weight is 380 g/mol. The van der Waals surface area contributed by atoms with Gasteiger partial charge in [0.2, 0.25) is 10.0 Å². The Labute approximate surface area is 153 Å². The van der Waals surface area contributed by atoms with Gasteiger partial charge in [0.25, 0.3) is 0 Å². The molecule has 1 atom stereocenters. The number of carboxylic acid groups (broad SMARTS) is 1. The Kier molecular flexibility index (Phi) is 5.05. The predicted molar refractivity (Wildman–Crippen MR) is 97.3 cm³/mol. The molecule has 0 bridgehead atoms. The number of benzene rings is 1. The minimum Gasteiger partial charge on any atom is -0.480 e. The Morgan fingerprint density at radius 1 is 1.38 bits per heavy atom. The molecule has 1 aromatic carbocycles. The van der Waals surface area contributed by atoms with Crippen molar-refractivity contribution in [1.29, 1.82) is 0 Å². The molecule has 1 aromatic heterocycles. The fraction of sp³-hybridized carbons (Fsp3) is 0.529. The Morgan fingerprint density at radius 2 is 2.12 bits per heavy atom. The van der Waals surface area contributed by atoms with Crippen LogP contribution in [0, 0.1) is 0 Å². The van der Waals surface area contributed by atoms with Gasteiger partial charge in [-0.3, -0.25) is 9.69 Å². The van der Waals surface area contributed by atoms with Gasteiger partial charge >= 0.3 is 5.97 Å². The quantitative estimate of drug-likeness (QED) is 0.813. The van der Waals surface area contributed by atoms with Gasteiger partial charge in [-0.15, -0.1) is 0 Å². The number of aryl methyl sites for hydroxylation is 1. The molecule has 1 aliphatic heterocycles. The number of likely N-dealkylation sites (tertiary alicyclic amines) is 1. The van der Waals surface area contributed by atoms with E-state index < -0.39 is 22.0 Å². The monoisotopic (exact) mass is 380 g/mol. The summed E-state index contributed by atoms with van der Waals surface area (Å²) in [5.74, 6) is -0.0453. The van der Waals surface area contributed by atoms with Gasteiger partial charge in [-0.2, -0.15) is 0 Å². The number of imidazole rings is 1.